The Hall–Kier alpha value is -3.94. The summed E-state index contributed by atoms with van der Waals surface area (Å²) in [6.45, 7) is 3.98. The smallest absolute Gasteiger partial charge is 0.240 e. The van der Waals surface area contributed by atoms with Crippen LogP contribution in [0, 0.1) is 5.82 Å². The first-order valence-electron chi connectivity index (χ1n) is 11.0. The van der Waals surface area contributed by atoms with Crippen molar-refractivity contribution in [1.29, 1.82) is 0 Å². The van der Waals surface area contributed by atoms with E-state index in [1.165, 1.54) is 31.8 Å². The third kappa shape index (κ3) is 5.01. The summed E-state index contributed by atoms with van der Waals surface area (Å²) in [7, 11) is 1.43. The van der Waals surface area contributed by atoms with E-state index >= 15 is 4.39 Å². The Morgan fingerprint density at radius 2 is 1.97 bits per heavy atom. The summed E-state index contributed by atoms with van der Waals surface area (Å²) >= 11 is 6.82. The van der Waals surface area contributed by atoms with Crippen LogP contribution in [0.15, 0.2) is 49.1 Å². The van der Waals surface area contributed by atoms with Gasteiger partial charge in [0.25, 0.3) is 0 Å². The van der Waals surface area contributed by atoms with Crippen molar-refractivity contribution in [2.45, 2.75) is 19.9 Å². The summed E-state index contributed by atoms with van der Waals surface area (Å²) < 4.78 is 25.7. The molecule has 5 aromatic rings. The van der Waals surface area contributed by atoms with E-state index in [1.807, 2.05) is 13.8 Å². The zero-order chi connectivity index (χ0) is 26.1. The highest BCUT2D eigenvalue weighted by atomic mass is 35.5. The number of pyridine rings is 2. The minimum Gasteiger partial charge on any atom is -0.479 e. The van der Waals surface area contributed by atoms with Crippen LogP contribution in [-0.2, 0) is 0 Å². The number of aromatic nitrogens is 6. The van der Waals surface area contributed by atoms with Gasteiger partial charge in [0, 0.05) is 40.6 Å². The quantitative estimate of drug-likeness (QED) is 0.177. The Morgan fingerprint density at radius 1 is 1.14 bits per heavy atom. The van der Waals surface area contributed by atoms with E-state index in [0.717, 1.165) is 16.6 Å². The Balaban J connectivity index is 1.48. The molecule has 0 aliphatic rings. The zero-order valence-corrected chi connectivity index (χ0v) is 21.4. The minimum atomic E-state index is -0.458. The van der Waals surface area contributed by atoms with Gasteiger partial charge in [-0.15, -0.1) is 10.2 Å². The van der Waals surface area contributed by atoms with Gasteiger partial charge in [0.15, 0.2) is 11.3 Å². The van der Waals surface area contributed by atoms with Crippen LogP contribution < -0.4 is 19.2 Å². The molecule has 14 heteroatoms. The monoisotopic (exact) mass is 541 g/mol. The number of fused-ring (bicyclic) bond motifs is 3. The minimum absolute atomic E-state index is 0.154. The second-order valence-corrected chi connectivity index (χ2v) is 9.37. The summed E-state index contributed by atoms with van der Waals surface area (Å²) in [5.74, 6) is 0.195. The molecule has 0 spiro atoms. The first-order valence-corrected chi connectivity index (χ1v) is 12.2. The number of rotatable bonds is 8. The molecule has 4 aromatic heterocycles. The lowest BCUT2D eigenvalue weighted by molar-refractivity contribution is 0.321. The number of hydrogen-bond acceptors (Lipinski definition) is 11. The molecule has 0 fully saturated rings. The Bertz CT molecular complexity index is 1600. The van der Waals surface area contributed by atoms with Crippen LogP contribution in [0.25, 0.3) is 27.8 Å². The Kier molecular flexibility index (Phi) is 6.82. The van der Waals surface area contributed by atoms with Gasteiger partial charge in [0.1, 0.15) is 17.8 Å². The molecule has 0 saturated heterocycles. The third-order valence-electron chi connectivity index (χ3n) is 5.24. The molecule has 0 unspecified atom stereocenters. The van der Waals surface area contributed by atoms with Gasteiger partial charge in [-0.25, -0.2) is 14.4 Å². The average molecular weight is 542 g/mol. The van der Waals surface area contributed by atoms with Crippen molar-refractivity contribution in [1.82, 2.24) is 29.5 Å². The molecule has 0 saturated carbocycles. The molecule has 1 aromatic carbocycles. The normalized spacial score (nSPS) is 11.3. The van der Waals surface area contributed by atoms with Gasteiger partial charge in [-0.05, 0) is 44.2 Å². The summed E-state index contributed by atoms with van der Waals surface area (Å²) in [6, 6.07) is 7.90. The van der Waals surface area contributed by atoms with E-state index < -0.39 is 5.82 Å². The van der Waals surface area contributed by atoms with Crippen molar-refractivity contribution in [3.63, 3.8) is 0 Å². The molecule has 0 amide bonds. The fourth-order valence-corrected chi connectivity index (χ4v) is 4.35. The zero-order valence-electron chi connectivity index (χ0n) is 19.8. The van der Waals surface area contributed by atoms with Crippen molar-refractivity contribution < 1.29 is 14.3 Å². The highest BCUT2D eigenvalue weighted by Crippen LogP contribution is 2.35. The number of nitrogens with zero attached hydrogens (tertiary/aromatic N) is 7. The lowest BCUT2D eigenvalue weighted by Gasteiger charge is -2.18. The molecule has 5 rings (SSSR count). The van der Waals surface area contributed by atoms with Crippen LogP contribution in [0.4, 0.5) is 21.7 Å². The topological polar surface area (TPSA) is 126 Å². The third-order valence-corrected chi connectivity index (χ3v) is 6.14. The molecule has 37 heavy (non-hydrogen) atoms. The van der Waals surface area contributed by atoms with Gasteiger partial charge in [-0.3, -0.25) is 9.61 Å². The summed E-state index contributed by atoms with van der Waals surface area (Å²) in [4.78, 5) is 13.0. The van der Waals surface area contributed by atoms with Crippen LogP contribution in [0.5, 0.6) is 5.88 Å². The summed E-state index contributed by atoms with van der Waals surface area (Å²) in [6.07, 6.45) is 4.60. The van der Waals surface area contributed by atoms with Gasteiger partial charge in [0.05, 0.1) is 24.3 Å². The second kappa shape index (κ2) is 10.2. The van der Waals surface area contributed by atoms with Gasteiger partial charge < -0.3 is 14.8 Å². The predicted molar refractivity (Wildman–Crippen MR) is 142 cm³/mol. The van der Waals surface area contributed by atoms with E-state index in [4.69, 9.17) is 16.3 Å². The number of halogens is 2. The fraction of sp³-hybridized carbons (Fsp3) is 0.174. The van der Waals surface area contributed by atoms with Crippen molar-refractivity contribution >= 4 is 57.7 Å². The Labute approximate surface area is 219 Å². The first-order chi connectivity index (χ1) is 17.8. The van der Waals surface area contributed by atoms with E-state index in [0.29, 0.717) is 38.9 Å². The molecule has 0 aliphatic carbocycles. The highest BCUT2D eigenvalue weighted by molar-refractivity contribution is 8.01. The number of methoxy groups -OCH3 is 1. The number of anilines is 3. The molecule has 11 nitrogen and oxygen atoms in total. The van der Waals surface area contributed by atoms with Crippen LogP contribution in [0.3, 0.4) is 0 Å². The van der Waals surface area contributed by atoms with E-state index in [1.54, 1.807) is 28.8 Å². The molecule has 0 bridgehead atoms. The van der Waals surface area contributed by atoms with Crippen LogP contribution in [0.1, 0.15) is 13.8 Å². The Morgan fingerprint density at radius 3 is 2.76 bits per heavy atom. The number of nitrogens with one attached hydrogen (secondary N) is 2. The molecule has 4 heterocycles. The summed E-state index contributed by atoms with van der Waals surface area (Å²) in [5, 5.41) is 22.9. The van der Waals surface area contributed by atoms with Crippen molar-refractivity contribution in [2.75, 3.05) is 21.6 Å². The average Bonchev–Trinajstić information content (AvgIpc) is 3.38. The van der Waals surface area contributed by atoms with Crippen LogP contribution >= 0.6 is 23.7 Å². The lowest BCUT2D eigenvalue weighted by atomic mass is 10.0. The molecule has 0 radical (unpaired) electrons. The fourth-order valence-electron chi connectivity index (χ4n) is 3.65. The molecular weight excluding hydrogens is 521 g/mol. The van der Waals surface area contributed by atoms with E-state index in [-0.39, 0.29) is 23.2 Å². The van der Waals surface area contributed by atoms with Crippen molar-refractivity contribution in [3.05, 3.63) is 59.9 Å². The number of hydrogen-bond donors (Lipinski definition) is 3. The number of benzene rings is 1. The first kappa shape index (κ1) is 24.7. The lowest BCUT2D eigenvalue weighted by Crippen LogP contribution is -2.13. The number of ether oxygens (including phenoxy) is 1. The predicted octanol–water partition coefficient (Wildman–Crippen LogP) is 5.23. The van der Waals surface area contributed by atoms with E-state index in [9.17, 15) is 5.21 Å². The molecular formula is C23H21ClFN9O2S. The van der Waals surface area contributed by atoms with Gasteiger partial charge in [-0.1, -0.05) is 11.6 Å². The van der Waals surface area contributed by atoms with Gasteiger partial charge in [-0.2, -0.15) is 9.45 Å². The molecule has 190 valence electrons. The highest BCUT2D eigenvalue weighted by Gasteiger charge is 2.18. The van der Waals surface area contributed by atoms with Crippen LogP contribution in [0.2, 0.25) is 5.02 Å². The molecule has 0 atom stereocenters. The standard InChI is InChI=1S/C23H21ClFN9O2S/c1-12(2)29-23-27-9-13-6-17(21-31-28-11-33(21)20(13)30-23)16-8-15(4-5-18(16)25)32-37-34(35)19-7-14(24)10-26-22(19)36-3/h4-12,32,35H,1-3H3,(H,27,29,30). The maximum absolute atomic E-state index is 15.1. The SMILES string of the molecule is COc1ncc(Cl)cc1N(O)SNc1ccc(F)c(-c2cc3cnc(NC(C)C)nc3n3cnnc23)c1. The molecule has 0 aliphatic heterocycles. The van der Waals surface area contributed by atoms with Crippen LogP contribution in [-0.4, -0.2) is 47.9 Å². The maximum atomic E-state index is 15.1. The largest absolute Gasteiger partial charge is 0.479 e. The molecule has 3 N–H and O–H groups in total. The summed E-state index contributed by atoms with van der Waals surface area (Å²) in [5.41, 5.74) is 2.56. The van der Waals surface area contributed by atoms with Gasteiger partial charge in [0.2, 0.25) is 11.8 Å². The second-order valence-electron chi connectivity index (χ2n) is 8.20. The maximum Gasteiger partial charge on any atom is 0.240 e. The van der Waals surface area contributed by atoms with Crippen molar-refractivity contribution in [3.8, 4) is 17.0 Å². The van der Waals surface area contributed by atoms with Crippen molar-refractivity contribution in [2.24, 2.45) is 0 Å². The van der Waals surface area contributed by atoms with Gasteiger partial charge >= 0.3 is 0 Å². The van der Waals surface area contributed by atoms with E-state index in [2.05, 4.69) is 35.2 Å².